The zero-order valence-corrected chi connectivity index (χ0v) is 8.56. The van der Waals surface area contributed by atoms with Crippen LogP contribution in [0.3, 0.4) is 0 Å². The van der Waals surface area contributed by atoms with Gasteiger partial charge in [-0.25, -0.2) is 8.78 Å². The van der Waals surface area contributed by atoms with Crippen LogP contribution in [0, 0.1) is 11.7 Å². The first kappa shape index (κ1) is 11.4. The molecule has 0 fully saturated rings. The van der Waals surface area contributed by atoms with Gasteiger partial charge >= 0.3 is 0 Å². The zero-order valence-electron chi connectivity index (χ0n) is 7.81. The van der Waals surface area contributed by atoms with Crippen LogP contribution in [0.2, 0.25) is 5.02 Å². The van der Waals surface area contributed by atoms with Gasteiger partial charge in [-0.05, 0) is 18.7 Å². The van der Waals surface area contributed by atoms with Crippen molar-refractivity contribution in [2.75, 3.05) is 6.54 Å². The van der Waals surface area contributed by atoms with Crippen LogP contribution < -0.4 is 5.73 Å². The van der Waals surface area contributed by atoms with E-state index < -0.39 is 17.9 Å². The number of hydrogen-bond donors (Lipinski definition) is 1. The molecule has 0 aliphatic rings. The molecule has 0 aliphatic carbocycles. The number of hydrogen-bond acceptors (Lipinski definition) is 1. The first-order valence-corrected chi connectivity index (χ1v) is 4.73. The van der Waals surface area contributed by atoms with E-state index >= 15 is 0 Å². The molecule has 0 heterocycles. The lowest BCUT2D eigenvalue weighted by Gasteiger charge is -2.16. The molecule has 1 aromatic carbocycles. The van der Waals surface area contributed by atoms with E-state index in [4.69, 9.17) is 17.3 Å². The van der Waals surface area contributed by atoms with E-state index in [1.54, 1.807) is 6.92 Å². The van der Waals surface area contributed by atoms with Gasteiger partial charge < -0.3 is 5.73 Å². The molecule has 0 saturated heterocycles. The molecular weight excluding hydrogens is 208 g/mol. The molecule has 0 spiro atoms. The summed E-state index contributed by atoms with van der Waals surface area (Å²) in [4.78, 5) is 0. The van der Waals surface area contributed by atoms with E-state index in [2.05, 4.69) is 0 Å². The lowest BCUT2D eigenvalue weighted by molar-refractivity contribution is 0.245. The molecule has 78 valence electrons. The van der Waals surface area contributed by atoms with E-state index in [0.717, 1.165) is 0 Å². The highest BCUT2D eigenvalue weighted by molar-refractivity contribution is 6.31. The maximum Gasteiger partial charge on any atom is 0.133 e. The molecule has 1 rings (SSSR count). The highest BCUT2D eigenvalue weighted by Gasteiger charge is 2.23. The minimum Gasteiger partial charge on any atom is -0.330 e. The van der Waals surface area contributed by atoms with E-state index in [9.17, 15) is 8.78 Å². The lowest BCUT2D eigenvalue weighted by Crippen LogP contribution is -2.17. The van der Waals surface area contributed by atoms with Crippen LogP contribution in [0.1, 0.15) is 18.7 Å². The summed E-state index contributed by atoms with van der Waals surface area (Å²) in [6, 6.07) is 4.10. The Bertz CT molecular complexity index is 297. The second-order valence-corrected chi connectivity index (χ2v) is 3.66. The van der Waals surface area contributed by atoms with Gasteiger partial charge in [-0.15, -0.1) is 0 Å². The summed E-state index contributed by atoms with van der Waals surface area (Å²) in [5, 5.41) is 0.109. The summed E-state index contributed by atoms with van der Waals surface area (Å²) in [5.41, 5.74) is 5.21. The van der Waals surface area contributed by atoms with E-state index in [-0.39, 0.29) is 17.1 Å². The Morgan fingerprint density at radius 2 is 2.14 bits per heavy atom. The number of benzene rings is 1. The molecular formula is C10H12ClF2N. The summed E-state index contributed by atoms with van der Waals surface area (Å²) in [5.74, 6) is -1.06. The van der Waals surface area contributed by atoms with Crippen LogP contribution in [0.15, 0.2) is 18.2 Å². The first-order chi connectivity index (χ1) is 6.57. The maximum atomic E-state index is 13.6. The second kappa shape index (κ2) is 4.71. The minimum absolute atomic E-state index is 0.0906. The van der Waals surface area contributed by atoms with Gasteiger partial charge in [-0.1, -0.05) is 24.6 Å². The van der Waals surface area contributed by atoms with Crippen LogP contribution in [0.5, 0.6) is 0 Å². The number of rotatable bonds is 3. The van der Waals surface area contributed by atoms with Gasteiger partial charge in [0.15, 0.2) is 0 Å². The fraction of sp³-hybridized carbons (Fsp3) is 0.400. The van der Waals surface area contributed by atoms with Crippen molar-refractivity contribution in [1.82, 2.24) is 0 Å². The molecule has 0 amide bonds. The molecule has 2 atom stereocenters. The van der Waals surface area contributed by atoms with E-state index in [0.29, 0.717) is 0 Å². The third kappa shape index (κ3) is 2.22. The SMILES string of the molecule is CC(CN)C(F)c1c(F)cccc1Cl. The lowest BCUT2D eigenvalue weighted by atomic mass is 9.98. The first-order valence-electron chi connectivity index (χ1n) is 4.36. The largest absolute Gasteiger partial charge is 0.330 e. The molecule has 2 unspecified atom stereocenters. The van der Waals surface area contributed by atoms with Crippen LogP contribution in [0.25, 0.3) is 0 Å². The highest BCUT2D eigenvalue weighted by atomic mass is 35.5. The van der Waals surface area contributed by atoms with Gasteiger partial charge in [-0.2, -0.15) is 0 Å². The Balaban J connectivity index is 3.05. The Labute approximate surface area is 86.9 Å². The highest BCUT2D eigenvalue weighted by Crippen LogP contribution is 2.32. The second-order valence-electron chi connectivity index (χ2n) is 3.25. The van der Waals surface area contributed by atoms with Crippen molar-refractivity contribution in [2.45, 2.75) is 13.1 Å². The Hall–Kier alpha value is -0.670. The average molecular weight is 220 g/mol. The molecule has 4 heteroatoms. The van der Waals surface area contributed by atoms with Crippen LogP contribution in [-0.2, 0) is 0 Å². The van der Waals surface area contributed by atoms with Gasteiger partial charge in [-0.3, -0.25) is 0 Å². The third-order valence-electron chi connectivity index (χ3n) is 2.15. The van der Waals surface area contributed by atoms with Gasteiger partial charge in [0.05, 0.1) is 0 Å². The topological polar surface area (TPSA) is 26.0 Å². The molecule has 0 aliphatic heterocycles. The smallest absolute Gasteiger partial charge is 0.133 e. The number of nitrogens with two attached hydrogens (primary N) is 1. The molecule has 0 saturated carbocycles. The Morgan fingerprint density at radius 3 is 2.64 bits per heavy atom. The van der Waals surface area contributed by atoms with E-state index in [1.807, 2.05) is 0 Å². The van der Waals surface area contributed by atoms with Gasteiger partial charge in [0, 0.05) is 16.5 Å². The molecule has 1 aromatic rings. The fourth-order valence-electron chi connectivity index (χ4n) is 1.18. The fourth-order valence-corrected chi connectivity index (χ4v) is 1.45. The van der Waals surface area contributed by atoms with Crippen molar-refractivity contribution in [3.05, 3.63) is 34.6 Å². The quantitative estimate of drug-likeness (QED) is 0.831. The number of alkyl halides is 1. The van der Waals surface area contributed by atoms with Crippen molar-refractivity contribution < 1.29 is 8.78 Å². The molecule has 0 aromatic heterocycles. The maximum absolute atomic E-state index is 13.6. The molecule has 1 nitrogen and oxygen atoms in total. The minimum atomic E-state index is -1.45. The summed E-state index contributed by atoms with van der Waals surface area (Å²) in [6.45, 7) is 1.78. The molecule has 0 bridgehead atoms. The van der Waals surface area contributed by atoms with Crippen LogP contribution in [-0.4, -0.2) is 6.54 Å². The van der Waals surface area contributed by atoms with Crippen LogP contribution >= 0.6 is 11.6 Å². The summed E-state index contributed by atoms with van der Waals surface area (Å²) < 4.78 is 26.9. The predicted octanol–water partition coefficient (Wildman–Crippen LogP) is 3.08. The van der Waals surface area contributed by atoms with Gasteiger partial charge in [0.1, 0.15) is 12.0 Å². The van der Waals surface area contributed by atoms with Gasteiger partial charge in [0.2, 0.25) is 0 Å². The zero-order chi connectivity index (χ0) is 10.7. The van der Waals surface area contributed by atoms with Crippen molar-refractivity contribution in [3.63, 3.8) is 0 Å². The Kier molecular flexibility index (Phi) is 3.84. The van der Waals surface area contributed by atoms with Crippen molar-refractivity contribution in [3.8, 4) is 0 Å². The molecule has 14 heavy (non-hydrogen) atoms. The summed E-state index contributed by atoms with van der Waals surface area (Å²) in [6.07, 6.45) is -1.45. The summed E-state index contributed by atoms with van der Waals surface area (Å²) in [7, 11) is 0. The van der Waals surface area contributed by atoms with Crippen molar-refractivity contribution >= 4 is 11.6 Å². The van der Waals surface area contributed by atoms with Gasteiger partial charge in [0.25, 0.3) is 0 Å². The Morgan fingerprint density at radius 1 is 1.50 bits per heavy atom. The third-order valence-corrected chi connectivity index (χ3v) is 2.48. The molecule has 0 radical (unpaired) electrons. The number of halogens is 3. The van der Waals surface area contributed by atoms with Crippen LogP contribution in [0.4, 0.5) is 8.78 Å². The average Bonchev–Trinajstić information content (AvgIpc) is 2.16. The predicted molar refractivity (Wildman–Crippen MR) is 53.5 cm³/mol. The van der Waals surface area contributed by atoms with E-state index in [1.165, 1.54) is 18.2 Å². The van der Waals surface area contributed by atoms with Crippen molar-refractivity contribution in [2.24, 2.45) is 11.7 Å². The standard InChI is InChI=1S/C10H12ClF2N/c1-6(5-14)10(13)9-7(11)3-2-4-8(9)12/h2-4,6,10H,5,14H2,1H3. The van der Waals surface area contributed by atoms with Crippen molar-refractivity contribution in [1.29, 1.82) is 0 Å². The monoisotopic (exact) mass is 219 g/mol. The summed E-state index contributed by atoms with van der Waals surface area (Å²) >= 11 is 5.70. The normalized spacial score (nSPS) is 15.2. The molecule has 2 N–H and O–H groups in total.